The van der Waals surface area contributed by atoms with Crippen LogP contribution in [0.4, 0.5) is 0 Å². The summed E-state index contributed by atoms with van der Waals surface area (Å²) < 4.78 is 1.05. The Morgan fingerprint density at radius 2 is 2.06 bits per heavy atom. The number of likely N-dealkylation sites (tertiary alicyclic amines) is 1. The van der Waals surface area contributed by atoms with E-state index in [4.69, 9.17) is 0 Å². The van der Waals surface area contributed by atoms with E-state index < -0.39 is 0 Å². The lowest BCUT2D eigenvalue weighted by molar-refractivity contribution is -0.131. The summed E-state index contributed by atoms with van der Waals surface area (Å²) in [5, 5.41) is 0.875. The summed E-state index contributed by atoms with van der Waals surface area (Å²) in [6.45, 7) is 3.12. The van der Waals surface area contributed by atoms with Crippen molar-refractivity contribution in [3.63, 3.8) is 0 Å². The van der Waals surface area contributed by atoms with Crippen molar-refractivity contribution in [2.75, 3.05) is 11.9 Å². The number of alkyl halides is 1. The summed E-state index contributed by atoms with van der Waals surface area (Å²) in [6, 6.07) is 8.33. The minimum atomic E-state index is 0.242. The fourth-order valence-corrected chi connectivity index (χ4v) is 3.68. The minimum Gasteiger partial charge on any atom is -0.338 e. The molecule has 0 bridgehead atoms. The number of amides is 1. The second kappa shape index (κ2) is 6.20. The van der Waals surface area contributed by atoms with E-state index in [-0.39, 0.29) is 5.91 Å². The molecule has 1 aliphatic heterocycles. The van der Waals surface area contributed by atoms with Gasteiger partial charge in [-0.2, -0.15) is 0 Å². The van der Waals surface area contributed by atoms with E-state index in [0.29, 0.717) is 18.4 Å². The van der Waals surface area contributed by atoms with Gasteiger partial charge in [-0.05, 0) is 30.0 Å². The van der Waals surface area contributed by atoms with Crippen LogP contribution in [0.15, 0.2) is 28.7 Å². The number of carbonyl (C=O) groups excluding carboxylic acids is 1. The highest BCUT2D eigenvalue weighted by Gasteiger charge is 2.33. The highest BCUT2D eigenvalue weighted by Crippen LogP contribution is 2.26. The predicted molar refractivity (Wildman–Crippen MR) is 80.9 cm³/mol. The van der Waals surface area contributed by atoms with Gasteiger partial charge in [0.2, 0.25) is 5.91 Å². The number of nitrogens with zero attached hydrogens (tertiary/aromatic N) is 1. The summed E-state index contributed by atoms with van der Waals surface area (Å²) >= 11 is 6.93. The molecule has 1 saturated heterocycles. The molecule has 18 heavy (non-hydrogen) atoms. The molecule has 2 nitrogen and oxygen atoms in total. The molecule has 4 heteroatoms. The topological polar surface area (TPSA) is 20.3 Å². The largest absolute Gasteiger partial charge is 0.338 e. The summed E-state index contributed by atoms with van der Waals surface area (Å²) in [5.74, 6) is 0.837. The van der Waals surface area contributed by atoms with E-state index in [9.17, 15) is 4.79 Å². The van der Waals surface area contributed by atoms with E-state index in [1.165, 1.54) is 0 Å². The molecule has 1 heterocycles. The lowest BCUT2D eigenvalue weighted by atomic mass is 10.0. The molecule has 1 aromatic carbocycles. The van der Waals surface area contributed by atoms with Gasteiger partial charge in [0.05, 0.1) is 6.42 Å². The Morgan fingerprint density at radius 1 is 1.39 bits per heavy atom. The van der Waals surface area contributed by atoms with Crippen LogP contribution in [0, 0.1) is 5.92 Å². The Hall–Kier alpha value is -0.350. The summed E-state index contributed by atoms with van der Waals surface area (Å²) in [5.41, 5.74) is 1.08. The fraction of sp³-hybridized carbons (Fsp3) is 0.500. The average Bonchev–Trinajstić information content (AvgIpc) is 2.73. The monoisotopic (exact) mass is 373 g/mol. The first-order chi connectivity index (χ1) is 8.61. The van der Waals surface area contributed by atoms with E-state index >= 15 is 0 Å². The van der Waals surface area contributed by atoms with Gasteiger partial charge in [-0.1, -0.05) is 50.9 Å². The molecular formula is C14H17Br2NO. The van der Waals surface area contributed by atoms with Crippen LogP contribution >= 0.6 is 31.9 Å². The maximum absolute atomic E-state index is 12.3. The van der Waals surface area contributed by atoms with Crippen LogP contribution in [0.25, 0.3) is 0 Å². The second-order valence-electron chi connectivity index (χ2n) is 4.88. The third-order valence-electron chi connectivity index (χ3n) is 3.63. The molecule has 2 atom stereocenters. The average molecular weight is 375 g/mol. The van der Waals surface area contributed by atoms with Crippen LogP contribution < -0.4 is 0 Å². The van der Waals surface area contributed by atoms with Crippen LogP contribution in [0.3, 0.4) is 0 Å². The number of rotatable bonds is 3. The van der Waals surface area contributed by atoms with Gasteiger partial charge in [-0.15, -0.1) is 0 Å². The van der Waals surface area contributed by atoms with Crippen molar-refractivity contribution in [1.82, 2.24) is 4.90 Å². The zero-order valence-corrected chi connectivity index (χ0v) is 13.6. The molecule has 0 N–H and O–H groups in total. The molecular weight excluding hydrogens is 358 g/mol. The van der Waals surface area contributed by atoms with E-state index in [1.807, 2.05) is 29.2 Å². The molecule has 0 saturated carbocycles. The third kappa shape index (κ3) is 3.15. The maximum atomic E-state index is 12.3. The Bertz CT molecular complexity index is 418. The Kier molecular flexibility index (Phi) is 4.84. The fourth-order valence-electron chi connectivity index (χ4n) is 2.43. The number of halogens is 2. The van der Waals surface area contributed by atoms with Gasteiger partial charge in [0.1, 0.15) is 0 Å². The standard InChI is InChI=1S/C14H17Br2NO/c1-10-6-7-17(13(10)9-15)14(18)8-11-2-4-12(16)5-3-11/h2-5,10,13H,6-9H2,1H3. The Balaban J connectivity index is 2.01. The number of hydrogen-bond acceptors (Lipinski definition) is 1. The van der Waals surface area contributed by atoms with Crippen molar-refractivity contribution in [1.29, 1.82) is 0 Å². The van der Waals surface area contributed by atoms with Gasteiger partial charge < -0.3 is 4.90 Å². The van der Waals surface area contributed by atoms with Gasteiger partial charge in [0.15, 0.2) is 0 Å². The van der Waals surface area contributed by atoms with Crippen LogP contribution in [-0.2, 0) is 11.2 Å². The summed E-state index contributed by atoms with van der Waals surface area (Å²) in [4.78, 5) is 14.3. The highest BCUT2D eigenvalue weighted by molar-refractivity contribution is 9.10. The van der Waals surface area contributed by atoms with Crippen molar-refractivity contribution in [3.05, 3.63) is 34.3 Å². The van der Waals surface area contributed by atoms with Crippen molar-refractivity contribution in [2.24, 2.45) is 5.92 Å². The quantitative estimate of drug-likeness (QED) is 0.740. The molecule has 0 radical (unpaired) electrons. The predicted octanol–water partition coefficient (Wildman–Crippen LogP) is 3.62. The molecule has 1 amide bonds. The van der Waals surface area contributed by atoms with Crippen molar-refractivity contribution >= 4 is 37.8 Å². The van der Waals surface area contributed by atoms with E-state index in [1.54, 1.807) is 0 Å². The highest BCUT2D eigenvalue weighted by atomic mass is 79.9. The number of benzene rings is 1. The van der Waals surface area contributed by atoms with Crippen molar-refractivity contribution in [2.45, 2.75) is 25.8 Å². The molecule has 2 unspecified atom stereocenters. The Labute approximate surface area is 125 Å². The molecule has 0 aliphatic carbocycles. The lowest BCUT2D eigenvalue weighted by Crippen LogP contribution is -2.39. The van der Waals surface area contributed by atoms with Gasteiger partial charge in [-0.25, -0.2) is 0 Å². The molecule has 98 valence electrons. The first-order valence-corrected chi connectivity index (χ1v) is 8.13. The summed E-state index contributed by atoms with van der Waals surface area (Å²) in [6.07, 6.45) is 1.62. The molecule has 1 fully saturated rings. The molecule has 0 spiro atoms. The third-order valence-corrected chi connectivity index (χ3v) is 4.82. The second-order valence-corrected chi connectivity index (χ2v) is 6.44. The minimum absolute atomic E-state index is 0.242. The molecule has 1 aromatic rings. The van der Waals surface area contributed by atoms with Crippen molar-refractivity contribution in [3.8, 4) is 0 Å². The van der Waals surface area contributed by atoms with Gasteiger partial charge >= 0.3 is 0 Å². The van der Waals surface area contributed by atoms with E-state index in [0.717, 1.165) is 28.3 Å². The van der Waals surface area contributed by atoms with Crippen LogP contribution in [-0.4, -0.2) is 28.7 Å². The maximum Gasteiger partial charge on any atom is 0.227 e. The van der Waals surface area contributed by atoms with Gasteiger partial charge in [0.25, 0.3) is 0 Å². The van der Waals surface area contributed by atoms with Crippen LogP contribution in [0.1, 0.15) is 18.9 Å². The first kappa shape index (κ1) is 14.1. The zero-order chi connectivity index (χ0) is 13.1. The number of hydrogen-bond donors (Lipinski definition) is 0. The van der Waals surface area contributed by atoms with Crippen LogP contribution in [0.5, 0.6) is 0 Å². The number of carbonyl (C=O) groups is 1. The molecule has 1 aliphatic rings. The summed E-state index contributed by atoms with van der Waals surface area (Å²) in [7, 11) is 0. The van der Waals surface area contributed by atoms with Crippen molar-refractivity contribution < 1.29 is 4.79 Å². The Morgan fingerprint density at radius 3 is 2.67 bits per heavy atom. The smallest absolute Gasteiger partial charge is 0.227 e. The van der Waals surface area contributed by atoms with E-state index in [2.05, 4.69) is 38.8 Å². The molecule has 2 rings (SSSR count). The normalized spacial score (nSPS) is 23.4. The van der Waals surface area contributed by atoms with Gasteiger partial charge in [-0.3, -0.25) is 4.79 Å². The van der Waals surface area contributed by atoms with Crippen LogP contribution in [0.2, 0.25) is 0 Å². The van der Waals surface area contributed by atoms with Gasteiger partial charge in [0, 0.05) is 22.4 Å². The zero-order valence-electron chi connectivity index (χ0n) is 10.4. The lowest BCUT2D eigenvalue weighted by Gasteiger charge is -2.25. The SMILES string of the molecule is CC1CCN(C(=O)Cc2ccc(Br)cc2)C1CBr. The molecule has 0 aromatic heterocycles. The first-order valence-electron chi connectivity index (χ1n) is 6.21.